The van der Waals surface area contributed by atoms with Crippen LogP contribution in [0, 0.1) is 5.92 Å². The number of anilines is 1. The highest BCUT2D eigenvalue weighted by atomic mass is 16.4. The lowest BCUT2D eigenvalue weighted by molar-refractivity contribution is -0.141. The Morgan fingerprint density at radius 3 is 2.83 bits per heavy atom. The molecule has 1 unspecified atom stereocenters. The number of carbonyl (C=O) groups excluding carboxylic acids is 1. The lowest BCUT2D eigenvalue weighted by Gasteiger charge is -2.14. The predicted molar refractivity (Wildman–Crippen MR) is 67.3 cm³/mol. The summed E-state index contributed by atoms with van der Waals surface area (Å²) in [4.78, 5) is 26.1. The first-order valence-corrected chi connectivity index (χ1v) is 5.77. The predicted octanol–water partition coefficient (Wildman–Crippen LogP) is 1.09. The lowest BCUT2D eigenvalue weighted by atomic mass is 10.0. The summed E-state index contributed by atoms with van der Waals surface area (Å²) in [6.07, 6.45) is 2.87. The number of rotatable bonds is 7. The Hall–Kier alpha value is -2.11. The van der Waals surface area contributed by atoms with E-state index in [0.717, 1.165) is 6.42 Å². The fourth-order valence-corrected chi connectivity index (χ4v) is 1.63. The van der Waals surface area contributed by atoms with E-state index < -0.39 is 17.8 Å². The molecule has 0 saturated heterocycles. The number of nitrogens with zero attached hydrogens (tertiary/aromatic N) is 1. The molecule has 18 heavy (non-hydrogen) atoms. The van der Waals surface area contributed by atoms with Crippen molar-refractivity contribution >= 4 is 17.7 Å². The maximum absolute atomic E-state index is 11.2. The van der Waals surface area contributed by atoms with Gasteiger partial charge in [0.25, 0.3) is 5.91 Å². The summed E-state index contributed by atoms with van der Waals surface area (Å²) < 4.78 is 0. The molecular formula is C12H17N3O3. The van der Waals surface area contributed by atoms with Gasteiger partial charge in [-0.2, -0.15) is 0 Å². The van der Waals surface area contributed by atoms with Gasteiger partial charge in [-0.15, -0.1) is 0 Å². The molecule has 4 N–H and O–H groups in total. The number of primary amides is 1. The number of carbonyl (C=O) groups is 2. The van der Waals surface area contributed by atoms with Crippen molar-refractivity contribution < 1.29 is 14.7 Å². The molecule has 1 aromatic rings. The van der Waals surface area contributed by atoms with Gasteiger partial charge < -0.3 is 16.2 Å². The van der Waals surface area contributed by atoms with Crippen molar-refractivity contribution in [2.45, 2.75) is 19.8 Å². The highest BCUT2D eigenvalue weighted by molar-refractivity contribution is 5.97. The molecule has 1 atom stereocenters. The number of pyridine rings is 1. The monoisotopic (exact) mass is 251 g/mol. The van der Waals surface area contributed by atoms with E-state index in [4.69, 9.17) is 10.8 Å². The highest BCUT2D eigenvalue weighted by Gasteiger charge is 2.17. The minimum absolute atomic E-state index is 0.223. The average molecular weight is 251 g/mol. The summed E-state index contributed by atoms with van der Waals surface area (Å²) in [5, 5.41) is 11.9. The van der Waals surface area contributed by atoms with Gasteiger partial charge in [0, 0.05) is 12.7 Å². The second kappa shape index (κ2) is 6.58. The van der Waals surface area contributed by atoms with Crippen LogP contribution in [0.15, 0.2) is 18.3 Å². The van der Waals surface area contributed by atoms with Gasteiger partial charge in [-0.3, -0.25) is 9.59 Å². The van der Waals surface area contributed by atoms with Crippen LogP contribution in [0.25, 0.3) is 0 Å². The van der Waals surface area contributed by atoms with Gasteiger partial charge in [0.2, 0.25) is 0 Å². The van der Waals surface area contributed by atoms with E-state index in [2.05, 4.69) is 10.3 Å². The van der Waals surface area contributed by atoms with Gasteiger partial charge >= 0.3 is 5.97 Å². The number of nitrogens with one attached hydrogen (secondary N) is 1. The van der Waals surface area contributed by atoms with E-state index in [0.29, 0.717) is 12.2 Å². The zero-order valence-corrected chi connectivity index (χ0v) is 10.2. The topological polar surface area (TPSA) is 105 Å². The van der Waals surface area contributed by atoms with Crippen LogP contribution in [-0.4, -0.2) is 28.5 Å². The number of nitrogens with two attached hydrogens (primary N) is 1. The smallest absolute Gasteiger partial charge is 0.308 e. The van der Waals surface area contributed by atoms with Gasteiger partial charge in [-0.25, -0.2) is 4.98 Å². The molecule has 0 bridgehead atoms. The SMILES string of the molecule is CCCC(CNc1ncccc1C(N)=O)C(=O)O. The summed E-state index contributed by atoms with van der Waals surface area (Å²) in [5.41, 5.74) is 5.47. The number of carboxylic acids is 1. The van der Waals surface area contributed by atoms with Crippen LogP contribution in [0.3, 0.4) is 0 Å². The third-order valence-electron chi connectivity index (χ3n) is 2.58. The Bertz CT molecular complexity index is 434. The number of aromatic nitrogens is 1. The van der Waals surface area contributed by atoms with Crippen LogP contribution < -0.4 is 11.1 Å². The molecule has 0 radical (unpaired) electrons. The summed E-state index contributed by atoms with van der Waals surface area (Å²) in [6.45, 7) is 2.14. The standard InChI is InChI=1S/C12H17N3O3/c1-2-4-8(12(17)18)7-15-11-9(10(13)16)5-3-6-14-11/h3,5-6,8H,2,4,7H2,1H3,(H2,13,16)(H,14,15)(H,17,18). The van der Waals surface area contributed by atoms with Crippen molar-refractivity contribution in [2.75, 3.05) is 11.9 Å². The maximum atomic E-state index is 11.2. The third-order valence-corrected chi connectivity index (χ3v) is 2.58. The van der Waals surface area contributed by atoms with Crippen LogP contribution in [0.2, 0.25) is 0 Å². The fraction of sp³-hybridized carbons (Fsp3) is 0.417. The lowest BCUT2D eigenvalue weighted by Crippen LogP contribution is -2.24. The first-order valence-electron chi connectivity index (χ1n) is 5.77. The number of amides is 1. The summed E-state index contributed by atoms with van der Waals surface area (Å²) in [5.74, 6) is -1.63. The molecule has 1 aromatic heterocycles. The highest BCUT2D eigenvalue weighted by Crippen LogP contribution is 2.13. The Kier molecular flexibility index (Phi) is 5.10. The molecule has 0 fully saturated rings. The van der Waals surface area contributed by atoms with Crippen LogP contribution in [-0.2, 0) is 4.79 Å². The molecule has 0 aliphatic carbocycles. The molecule has 1 amide bonds. The Morgan fingerprint density at radius 2 is 2.28 bits per heavy atom. The van der Waals surface area contributed by atoms with E-state index in [9.17, 15) is 9.59 Å². The fourth-order valence-electron chi connectivity index (χ4n) is 1.63. The molecule has 0 aromatic carbocycles. The van der Waals surface area contributed by atoms with Crippen molar-refractivity contribution in [2.24, 2.45) is 11.7 Å². The second-order valence-corrected chi connectivity index (χ2v) is 3.97. The van der Waals surface area contributed by atoms with Gasteiger partial charge in [0.1, 0.15) is 5.82 Å². The van der Waals surface area contributed by atoms with Gasteiger partial charge in [0.05, 0.1) is 11.5 Å². The van der Waals surface area contributed by atoms with Crippen molar-refractivity contribution in [3.8, 4) is 0 Å². The van der Waals surface area contributed by atoms with Gasteiger partial charge in [-0.1, -0.05) is 13.3 Å². The van der Waals surface area contributed by atoms with E-state index >= 15 is 0 Å². The zero-order valence-electron chi connectivity index (χ0n) is 10.2. The minimum atomic E-state index is -0.860. The van der Waals surface area contributed by atoms with Crippen molar-refractivity contribution in [1.29, 1.82) is 0 Å². The Morgan fingerprint density at radius 1 is 1.56 bits per heavy atom. The molecular weight excluding hydrogens is 234 g/mol. The van der Waals surface area contributed by atoms with E-state index in [1.165, 1.54) is 6.20 Å². The third kappa shape index (κ3) is 3.73. The van der Waals surface area contributed by atoms with Crippen LogP contribution in [0.5, 0.6) is 0 Å². The maximum Gasteiger partial charge on any atom is 0.308 e. The quantitative estimate of drug-likeness (QED) is 0.672. The van der Waals surface area contributed by atoms with Gasteiger partial charge in [-0.05, 0) is 18.6 Å². The molecule has 0 saturated carbocycles. The summed E-state index contributed by atoms with van der Waals surface area (Å²) >= 11 is 0. The number of aliphatic carboxylic acids is 1. The number of carboxylic acid groups (broad SMARTS) is 1. The molecule has 0 aliphatic heterocycles. The number of hydrogen-bond donors (Lipinski definition) is 3. The van der Waals surface area contributed by atoms with E-state index in [1.807, 2.05) is 6.92 Å². The Balaban J connectivity index is 2.73. The normalized spacial score (nSPS) is 11.8. The van der Waals surface area contributed by atoms with Crippen LogP contribution in [0.4, 0.5) is 5.82 Å². The second-order valence-electron chi connectivity index (χ2n) is 3.97. The van der Waals surface area contributed by atoms with Gasteiger partial charge in [0.15, 0.2) is 0 Å². The molecule has 6 heteroatoms. The summed E-state index contributed by atoms with van der Waals surface area (Å²) in [7, 11) is 0. The number of hydrogen-bond acceptors (Lipinski definition) is 4. The van der Waals surface area contributed by atoms with Crippen LogP contribution >= 0.6 is 0 Å². The first kappa shape index (κ1) is 14.0. The Labute approximate surface area is 105 Å². The molecule has 1 rings (SSSR count). The van der Waals surface area contributed by atoms with E-state index in [1.54, 1.807) is 12.1 Å². The molecule has 0 spiro atoms. The summed E-state index contributed by atoms with van der Waals surface area (Å²) in [6, 6.07) is 3.15. The average Bonchev–Trinajstić information content (AvgIpc) is 2.34. The first-order chi connectivity index (χ1) is 8.56. The van der Waals surface area contributed by atoms with Crippen molar-refractivity contribution in [1.82, 2.24) is 4.98 Å². The zero-order chi connectivity index (χ0) is 13.5. The molecule has 6 nitrogen and oxygen atoms in total. The van der Waals surface area contributed by atoms with Crippen molar-refractivity contribution in [3.05, 3.63) is 23.9 Å². The minimum Gasteiger partial charge on any atom is -0.481 e. The largest absolute Gasteiger partial charge is 0.481 e. The van der Waals surface area contributed by atoms with E-state index in [-0.39, 0.29) is 12.1 Å². The van der Waals surface area contributed by atoms with Crippen molar-refractivity contribution in [3.63, 3.8) is 0 Å². The molecule has 1 heterocycles. The molecule has 98 valence electrons. The molecule has 0 aliphatic rings. The van der Waals surface area contributed by atoms with Crippen LogP contribution in [0.1, 0.15) is 30.1 Å².